The van der Waals surface area contributed by atoms with E-state index in [4.69, 9.17) is 4.74 Å². The smallest absolute Gasteiger partial charge is 0.223 e. The fourth-order valence-electron chi connectivity index (χ4n) is 1.73. The molecule has 0 saturated heterocycles. The van der Waals surface area contributed by atoms with Crippen molar-refractivity contribution in [3.8, 4) is 5.88 Å². The van der Waals surface area contributed by atoms with E-state index in [2.05, 4.69) is 15.6 Å². The first-order valence-electron chi connectivity index (χ1n) is 6.27. The minimum Gasteiger partial charge on any atom is -0.481 e. The van der Waals surface area contributed by atoms with E-state index in [0.717, 1.165) is 24.9 Å². The highest BCUT2D eigenvalue weighted by Crippen LogP contribution is 2.28. The van der Waals surface area contributed by atoms with Crippen molar-refractivity contribution >= 4 is 5.91 Å². The fraction of sp³-hybridized carbons (Fsp3) is 0.538. The van der Waals surface area contributed by atoms with Gasteiger partial charge in [-0.15, -0.1) is 0 Å². The van der Waals surface area contributed by atoms with Gasteiger partial charge >= 0.3 is 0 Å². The zero-order valence-corrected chi connectivity index (χ0v) is 10.6. The van der Waals surface area contributed by atoms with Crippen LogP contribution in [0.25, 0.3) is 0 Å². The molecule has 1 heterocycles. The van der Waals surface area contributed by atoms with Crippen LogP contribution in [0.3, 0.4) is 0 Å². The Kier molecular flexibility index (Phi) is 4.52. The largest absolute Gasteiger partial charge is 0.481 e. The molecule has 0 atom stereocenters. The van der Waals surface area contributed by atoms with E-state index in [1.54, 1.807) is 13.3 Å². The Hall–Kier alpha value is -1.62. The predicted octanol–water partition coefficient (Wildman–Crippen LogP) is 0.706. The molecular weight excluding hydrogens is 230 g/mol. The van der Waals surface area contributed by atoms with E-state index in [1.807, 2.05) is 12.1 Å². The maximum Gasteiger partial charge on any atom is 0.223 e. The zero-order chi connectivity index (χ0) is 12.8. The van der Waals surface area contributed by atoms with E-state index in [0.29, 0.717) is 19.0 Å². The third kappa shape index (κ3) is 3.70. The minimum atomic E-state index is 0.191. The molecule has 1 aliphatic carbocycles. The number of rotatable bonds is 7. The van der Waals surface area contributed by atoms with Gasteiger partial charge in [-0.25, -0.2) is 4.98 Å². The number of nitrogens with zero attached hydrogens (tertiary/aromatic N) is 1. The van der Waals surface area contributed by atoms with Gasteiger partial charge in [-0.3, -0.25) is 4.79 Å². The van der Waals surface area contributed by atoms with Crippen molar-refractivity contribution in [3.05, 3.63) is 23.9 Å². The quantitative estimate of drug-likeness (QED) is 0.698. The van der Waals surface area contributed by atoms with Gasteiger partial charge in [0.05, 0.1) is 7.11 Å². The average Bonchev–Trinajstić information content (AvgIpc) is 3.23. The summed E-state index contributed by atoms with van der Waals surface area (Å²) >= 11 is 0. The SMILES string of the molecule is COc1ncccc1CNCCNC(=O)C1CC1. The lowest BCUT2D eigenvalue weighted by Gasteiger charge is -2.08. The first-order valence-corrected chi connectivity index (χ1v) is 6.27. The fourth-order valence-corrected chi connectivity index (χ4v) is 1.73. The van der Waals surface area contributed by atoms with Crippen molar-refractivity contribution in [2.75, 3.05) is 20.2 Å². The van der Waals surface area contributed by atoms with Gasteiger partial charge in [-0.05, 0) is 18.9 Å². The van der Waals surface area contributed by atoms with Crippen molar-refractivity contribution in [1.29, 1.82) is 0 Å². The second-order valence-corrected chi connectivity index (χ2v) is 4.41. The molecule has 98 valence electrons. The first kappa shape index (κ1) is 12.8. The van der Waals surface area contributed by atoms with E-state index in [-0.39, 0.29) is 11.8 Å². The second kappa shape index (κ2) is 6.35. The van der Waals surface area contributed by atoms with Gasteiger partial charge in [0.25, 0.3) is 0 Å². The number of pyridine rings is 1. The molecule has 2 N–H and O–H groups in total. The van der Waals surface area contributed by atoms with Gasteiger partial charge in [-0.2, -0.15) is 0 Å². The van der Waals surface area contributed by atoms with Crippen LogP contribution in [0.4, 0.5) is 0 Å². The highest BCUT2D eigenvalue weighted by Gasteiger charge is 2.28. The Morgan fingerprint density at radius 1 is 1.50 bits per heavy atom. The third-order valence-corrected chi connectivity index (χ3v) is 2.91. The minimum absolute atomic E-state index is 0.191. The summed E-state index contributed by atoms with van der Waals surface area (Å²) < 4.78 is 5.16. The van der Waals surface area contributed by atoms with E-state index >= 15 is 0 Å². The number of aromatic nitrogens is 1. The second-order valence-electron chi connectivity index (χ2n) is 4.41. The summed E-state index contributed by atoms with van der Waals surface area (Å²) in [5, 5.41) is 6.17. The highest BCUT2D eigenvalue weighted by molar-refractivity contribution is 5.80. The van der Waals surface area contributed by atoms with Crippen LogP contribution in [0.5, 0.6) is 5.88 Å². The van der Waals surface area contributed by atoms with Gasteiger partial charge in [0.15, 0.2) is 0 Å². The van der Waals surface area contributed by atoms with E-state index < -0.39 is 0 Å². The number of carbonyl (C=O) groups is 1. The number of carbonyl (C=O) groups excluding carboxylic acids is 1. The van der Waals surface area contributed by atoms with Crippen LogP contribution in [0.15, 0.2) is 18.3 Å². The molecule has 5 nitrogen and oxygen atoms in total. The van der Waals surface area contributed by atoms with Crippen LogP contribution in [-0.2, 0) is 11.3 Å². The third-order valence-electron chi connectivity index (χ3n) is 2.91. The molecule has 1 aliphatic rings. The standard InChI is InChI=1S/C13H19N3O2/c1-18-13-11(3-2-6-16-13)9-14-7-8-15-12(17)10-4-5-10/h2-3,6,10,14H,4-5,7-9H2,1H3,(H,15,17). The maximum absolute atomic E-state index is 11.4. The predicted molar refractivity (Wildman–Crippen MR) is 68.2 cm³/mol. The molecule has 0 spiro atoms. The van der Waals surface area contributed by atoms with Crippen molar-refractivity contribution < 1.29 is 9.53 Å². The lowest BCUT2D eigenvalue weighted by molar-refractivity contribution is -0.122. The number of methoxy groups -OCH3 is 1. The zero-order valence-electron chi connectivity index (χ0n) is 10.6. The topological polar surface area (TPSA) is 63.2 Å². The molecule has 1 fully saturated rings. The lowest BCUT2D eigenvalue weighted by Crippen LogP contribution is -2.32. The average molecular weight is 249 g/mol. The summed E-state index contributed by atoms with van der Waals surface area (Å²) in [5.41, 5.74) is 1.02. The molecule has 0 bridgehead atoms. The summed E-state index contributed by atoms with van der Waals surface area (Å²) in [6.07, 6.45) is 3.80. The monoisotopic (exact) mass is 249 g/mol. The number of amides is 1. The number of nitrogens with one attached hydrogen (secondary N) is 2. The summed E-state index contributed by atoms with van der Waals surface area (Å²) in [5.74, 6) is 1.12. The molecule has 0 unspecified atom stereocenters. The molecule has 2 rings (SSSR count). The highest BCUT2D eigenvalue weighted by atomic mass is 16.5. The molecule has 1 aromatic rings. The lowest BCUT2D eigenvalue weighted by atomic mass is 10.2. The Morgan fingerprint density at radius 2 is 2.33 bits per heavy atom. The van der Waals surface area contributed by atoms with Gasteiger partial charge in [0.2, 0.25) is 11.8 Å². The number of hydrogen-bond acceptors (Lipinski definition) is 4. The van der Waals surface area contributed by atoms with Crippen molar-refractivity contribution in [2.45, 2.75) is 19.4 Å². The Balaban J connectivity index is 1.63. The van der Waals surface area contributed by atoms with Crippen LogP contribution in [0.2, 0.25) is 0 Å². The van der Waals surface area contributed by atoms with Crippen molar-refractivity contribution in [1.82, 2.24) is 15.6 Å². The maximum atomic E-state index is 11.4. The van der Waals surface area contributed by atoms with E-state index in [1.165, 1.54) is 0 Å². The van der Waals surface area contributed by atoms with Crippen LogP contribution >= 0.6 is 0 Å². The summed E-state index contributed by atoms with van der Waals surface area (Å²) in [7, 11) is 1.61. The molecule has 1 aromatic heterocycles. The van der Waals surface area contributed by atoms with Crippen molar-refractivity contribution in [3.63, 3.8) is 0 Å². The Labute approximate surface area is 107 Å². The summed E-state index contributed by atoms with van der Waals surface area (Å²) in [6.45, 7) is 2.10. The molecule has 5 heteroatoms. The van der Waals surface area contributed by atoms with Crippen molar-refractivity contribution in [2.24, 2.45) is 5.92 Å². The molecule has 18 heavy (non-hydrogen) atoms. The summed E-state index contributed by atoms with van der Waals surface area (Å²) in [6, 6.07) is 3.86. The molecule has 0 aromatic carbocycles. The van der Waals surface area contributed by atoms with Gasteiger partial charge in [-0.1, -0.05) is 6.07 Å². The van der Waals surface area contributed by atoms with Gasteiger partial charge < -0.3 is 15.4 Å². The van der Waals surface area contributed by atoms with Gasteiger partial charge in [0.1, 0.15) is 0 Å². The molecule has 0 aliphatic heterocycles. The van der Waals surface area contributed by atoms with Gasteiger partial charge in [0, 0.05) is 37.3 Å². The normalized spacial score (nSPS) is 14.3. The van der Waals surface area contributed by atoms with Crippen LogP contribution < -0.4 is 15.4 Å². The molecule has 1 saturated carbocycles. The first-order chi connectivity index (χ1) is 8.81. The molecule has 1 amide bonds. The Bertz CT molecular complexity index is 405. The Morgan fingerprint density at radius 3 is 3.06 bits per heavy atom. The van der Waals surface area contributed by atoms with E-state index in [9.17, 15) is 4.79 Å². The van der Waals surface area contributed by atoms with Crippen LogP contribution in [-0.4, -0.2) is 31.1 Å². The molecular formula is C13H19N3O2. The molecule has 0 radical (unpaired) electrons. The number of ether oxygens (including phenoxy) is 1. The summed E-state index contributed by atoms with van der Waals surface area (Å²) in [4.78, 5) is 15.5. The van der Waals surface area contributed by atoms with Crippen LogP contribution in [0, 0.1) is 5.92 Å². The van der Waals surface area contributed by atoms with Crippen LogP contribution in [0.1, 0.15) is 18.4 Å². The number of hydrogen-bond donors (Lipinski definition) is 2.